The predicted octanol–water partition coefficient (Wildman–Crippen LogP) is 1.64. The van der Waals surface area contributed by atoms with Gasteiger partial charge in [-0.25, -0.2) is 8.42 Å². The topological polar surface area (TPSA) is 59.8 Å². The molecule has 152 valence electrons. The molecule has 1 aliphatic heterocycles. The minimum Gasteiger partial charge on any atom is -0.370 e. The maximum atomic E-state index is 12.8. The molecule has 0 spiro atoms. The van der Waals surface area contributed by atoms with E-state index in [1.165, 1.54) is 4.90 Å². The molecule has 1 heterocycles. The van der Waals surface area contributed by atoms with Crippen molar-refractivity contribution in [2.24, 2.45) is 0 Å². The summed E-state index contributed by atoms with van der Waals surface area (Å²) in [5.74, 6) is 0. The summed E-state index contributed by atoms with van der Waals surface area (Å²) in [6, 6.07) is 12.2. The average Bonchev–Trinajstić information content (AvgIpc) is 2.68. The van der Waals surface area contributed by atoms with E-state index in [0.29, 0.717) is 19.8 Å². The van der Waals surface area contributed by atoms with Crippen LogP contribution in [0.5, 0.6) is 0 Å². The first-order valence-corrected chi connectivity index (χ1v) is 10.4. The van der Waals surface area contributed by atoms with Gasteiger partial charge in [0.25, 0.3) is 0 Å². The number of hydrogen-bond donors (Lipinski definition) is 2. The molecule has 0 aromatic heterocycles. The van der Waals surface area contributed by atoms with E-state index >= 15 is 0 Å². The average molecular weight is 415 g/mol. The van der Waals surface area contributed by atoms with E-state index in [-0.39, 0.29) is 4.90 Å². The lowest BCUT2D eigenvalue weighted by molar-refractivity contribution is -0.909. The van der Waals surface area contributed by atoms with Crippen LogP contribution < -0.4 is 9.62 Å². The smallest absolute Gasteiger partial charge is 0.370 e. The molecular weight excluding hydrogens is 393 g/mol. The van der Waals surface area contributed by atoms with Gasteiger partial charge in [0.1, 0.15) is 13.1 Å². The largest absolute Gasteiger partial charge is 0.416 e. The van der Waals surface area contributed by atoms with Crippen molar-refractivity contribution in [3.63, 3.8) is 0 Å². The van der Waals surface area contributed by atoms with E-state index in [1.54, 1.807) is 0 Å². The minimum atomic E-state index is -4.51. The van der Waals surface area contributed by atoms with E-state index in [1.807, 2.05) is 30.3 Å². The van der Waals surface area contributed by atoms with Gasteiger partial charge in [-0.1, -0.05) is 30.3 Å². The number of ether oxygens (including phenoxy) is 1. The van der Waals surface area contributed by atoms with Crippen molar-refractivity contribution in [3.8, 4) is 0 Å². The van der Waals surface area contributed by atoms with Crippen molar-refractivity contribution in [2.45, 2.75) is 17.1 Å². The monoisotopic (exact) mass is 415 g/mol. The highest BCUT2D eigenvalue weighted by atomic mass is 32.2. The molecule has 1 atom stereocenters. The lowest BCUT2D eigenvalue weighted by atomic mass is 10.1. The first kappa shape index (κ1) is 20.8. The molecule has 1 fully saturated rings. The summed E-state index contributed by atoms with van der Waals surface area (Å²) in [6.07, 6.45) is -4.51. The van der Waals surface area contributed by atoms with E-state index in [4.69, 9.17) is 4.74 Å². The lowest BCUT2D eigenvalue weighted by Crippen LogP contribution is -3.14. The van der Waals surface area contributed by atoms with Crippen LogP contribution >= 0.6 is 0 Å². The zero-order chi connectivity index (χ0) is 20.2. The third kappa shape index (κ3) is 5.32. The van der Waals surface area contributed by atoms with E-state index in [2.05, 4.69) is 4.72 Å². The summed E-state index contributed by atoms with van der Waals surface area (Å²) >= 11 is 0. The molecule has 0 unspecified atom stereocenters. The van der Waals surface area contributed by atoms with Crippen molar-refractivity contribution >= 4 is 10.0 Å². The number of hydrogen-bond acceptors (Lipinski definition) is 3. The highest BCUT2D eigenvalue weighted by molar-refractivity contribution is 7.89. The SMILES string of the molecule is O=S(=O)(N[C@@H](C[NH+]1CCOCC1)c1ccccc1)c1ccc(C(F)(F)F)cc1. The second kappa shape index (κ2) is 8.60. The standard InChI is InChI=1S/C19H21F3N2O3S/c20-19(21,22)16-6-8-17(9-7-16)28(25,26)23-18(15-4-2-1-3-5-15)14-24-10-12-27-13-11-24/h1-9,18,23H,10-14H2/p+1/t18-/m0/s1. The van der Waals surface area contributed by atoms with E-state index in [9.17, 15) is 21.6 Å². The number of halogens is 3. The number of benzene rings is 2. The van der Waals surface area contributed by atoms with Crippen molar-refractivity contribution in [2.75, 3.05) is 32.8 Å². The number of alkyl halides is 3. The Morgan fingerprint density at radius 1 is 1.00 bits per heavy atom. The maximum absolute atomic E-state index is 12.8. The van der Waals surface area contributed by atoms with Crippen LogP contribution in [0.15, 0.2) is 59.5 Å². The molecule has 0 saturated carbocycles. The lowest BCUT2D eigenvalue weighted by Gasteiger charge is -2.28. The van der Waals surface area contributed by atoms with Gasteiger partial charge in [0.05, 0.1) is 36.3 Å². The molecule has 1 aliphatic rings. The minimum absolute atomic E-state index is 0.196. The molecule has 2 N–H and O–H groups in total. The molecular formula is C19H22F3N2O3S+. The van der Waals surface area contributed by atoms with Crippen LogP contribution in [0.1, 0.15) is 17.2 Å². The Morgan fingerprint density at radius 2 is 1.61 bits per heavy atom. The second-order valence-corrected chi connectivity index (χ2v) is 8.39. The molecule has 0 radical (unpaired) electrons. The van der Waals surface area contributed by atoms with Gasteiger partial charge in [-0.2, -0.15) is 17.9 Å². The zero-order valence-electron chi connectivity index (χ0n) is 15.1. The molecule has 9 heteroatoms. The molecule has 28 heavy (non-hydrogen) atoms. The Kier molecular flexibility index (Phi) is 6.39. The Morgan fingerprint density at radius 3 is 2.18 bits per heavy atom. The van der Waals surface area contributed by atoms with Crippen molar-refractivity contribution in [1.29, 1.82) is 0 Å². The van der Waals surface area contributed by atoms with Crippen LogP contribution in [0.4, 0.5) is 13.2 Å². The number of nitrogens with one attached hydrogen (secondary N) is 2. The molecule has 2 aromatic rings. The first-order valence-electron chi connectivity index (χ1n) is 8.91. The van der Waals surface area contributed by atoms with Gasteiger partial charge in [-0.05, 0) is 29.8 Å². The number of quaternary nitrogens is 1. The first-order chi connectivity index (χ1) is 13.3. The summed E-state index contributed by atoms with van der Waals surface area (Å²) < 4.78 is 71.8. The maximum Gasteiger partial charge on any atom is 0.416 e. The van der Waals surface area contributed by atoms with Gasteiger partial charge < -0.3 is 9.64 Å². The van der Waals surface area contributed by atoms with E-state index < -0.39 is 27.8 Å². The fraction of sp³-hybridized carbons (Fsp3) is 0.368. The summed E-state index contributed by atoms with van der Waals surface area (Å²) in [7, 11) is -3.98. The van der Waals surface area contributed by atoms with Crippen LogP contribution in [-0.2, 0) is 20.9 Å². The van der Waals surface area contributed by atoms with Gasteiger partial charge in [0.2, 0.25) is 10.0 Å². The number of rotatable bonds is 6. The molecule has 3 rings (SSSR count). The third-order valence-electron chi connectivity index (χ3n) is 4.68. The van der Waals surface area contributed by atoms with Crippen LogP contribution in [-0.4, -0.2) is 41.3 Å². The molecule has 0 amide bonds. The van der Waals surface area contributed by atoms with Gasteiger partial charge in [-0.15, -0.1) is 0 Å². The van der Waals surface area contributed by atoms with Crippen LogP contribution in [0.3, 0.4) is 0 Å². The summed E-state index contributed by atoms with van der Waals surface area (Å²) in [5.41, 5.74) is -0.0826. The van der Waals surface area contributed by atoms with Gasteiger partial charge in [0, 0.05) is 0 Å². The molecule has 0 aliphatic carbocycles. The van der Waals surface area contributed by atoms with Gasteiger partial charge >= 0.3 is 6.18 Å². The Balaban J connectivity index is 1.82. The van der Waals surface area contributed by atoms with Gasteiger partial charge in [-0.3, -0.25) is 0 Å². The van der Waals surface area contributed by atoms with Crippen LogP contribution in [0, 0.1) is 0 Å². The Labute approximate surface area is 162 Å². The molecule has 5 nitrogen and oxygen atoms in total. The second-order valence-electron chi connectivity index (χ2n) is 6.67. The highest BCUT2D eigenvalue weighted by Gasteiger charge is 2.31. The molecule has 0 bridgehead atoms. The van der Waals surface area contributed by atoms with Crippen molar-refractivity contribution < 1.29 is 31.2 Å². The fourth-order valence-electron chi connectivity index (χ4n) is 3.14. The van der Waals surface area contributed by atoms with Crippen LogP contribution in [0.25, 0.3) is 0 Å². The predicted molar refractivity (Wildman–Crippen MR) is 97.3 cm³/mol. The van der Waals surface area contributed by atoms with Crippen molar-refractivity contribution in [3.05, 3.63) is 65.7 Å². The number of sulfonamides is 1. The van der Waals surface area contributed by atoms with Gasteiger partial charge in [0.15, 0.2) is 0 Å². The van der Waals surface area contributed by atoms with E-state index in [0.717, 1.165) is 42.9 Å². The summed E-state index contributed by atoms with van der Waals surface area (Å²) in [5, 5.41) is 0. The normalized spacial score (nSPS) is 17.4. The fourth-order valence-corrected chi connectivity index (χ4v) is 4.37. The third-order valence-corrected chi connectivity index (χ3v) is 6.17. The summed E-state index contributed by atoms with van der Waals surface area (Å²) in [6.45, 7) is 3.29. The Bertz CT molecular complexity index is 866. The van der Waals surface area contributed by atoms with Crippen molar-refractivity contribution in [1.82, 2.24) is 4.72 Å². The summed E-state index contributed by atoms with van der Waals surface area (Å²) in [4.78, 5) is 1.01. The molecule has 1 saturated heterocycles. The Hall–Kier alpha value is -1.94. The zero-order valence-corrected chi connectivity index (χ0v) is 15.9. The molecule has 2 aromatic carbocycles. The number of morpholine rings is 1. The quantitative estimate of drug-likeness (QED) is 0.754. The van der Waals surface area contributed by atoms with Crippen LogP contribution in [0.2, 0.25) is 0 Å². The highest BCUT2D eigenvalue weighted by Crippen LogP contribution is 2.29.